The Morgan fingerprint density at radius 1 is 1.00 bits per heavy atom. The van der Waals surface area contributed by atoms with Crippen LogP contribution in [0.15, 0.2) is 66.9 Å². The Morgan fingerprint density at radius 3 is 2.50 bits per heavy atom. The molecule has 0 aliphatic carbocycles. The fourth-order valence-electron chi connectivity index (χ4n) is 2.56. The molecule has 0 saturated heterocycles. The summed E-state index contributed by atoms with van der Waals surface area (Å²) in [5, 5.41) is 0. The maximum Gasteiger partial charge on any atom is 0.130 e. The lowest BCUT2D eigenvalue weighted by Gasteiger charge is -2.11. The summed E-state index contributed by atoms with van der Waals surface area (Å²) in [7, 11) is 0. The summed E-state index contributed by atoms with van der Waals surface area (Å²) in [6.45, 7) is 4.32. The lowest BCUT2D eigenvalue weighted by atomic mass is 10.0. The average Bonchev–Trinajstić information content (AvgIpc) is 2.61. The van der Waals surface area contributed by atoms with Gasteiger partial charge in [0.25, 0.3) is 0 Å². The molecule has 0 atom stereocenters. The molecule has 1 heterocycles. The van der Waals surface area contributed by atoms with Gasteiger partial charge in [-0.25, -0.2) is 4.39 Å². The van der Waals surface area contributed by atoms with E-state index in [1.54, 1.807) is 12.3 Å². The summed E-state index contributed by atoms with van der Waals surface area (Å²) >= 11 is 0. The molecule has 2 aromatic carbocycles. The molecule has 0 amide bonds. The molecular weight excluding hydrogens is 301 g/mol. The first-order chi connectivity index (χ1) is 11.6. The van der Waals surface area contributed by atoms with Gasteiger partial charge in [-0.15, -0.1) is 0 Å². The van der Waals surface area contributed by atoms with E-state index in [2.05, 4.69) is 4.98 Å². The number of hydrogen-bond donors (Lipinski definition) is 0. The largest absolute Gasteiger partial charge is 0.489 e. The summed E-state index contributed by atoms with van der Waals surface area (Å²) in [5.74, 6) is 0.477. The third-order valence-corrected chi connectivity index (χ3v) is 3.89. The van der Waals surface area contributed by atoms with Gasteiger partial charge in [-0.3, -0.25) is 4.98 Å². The van der Waals surface area contributed by atoms with Crippen molar-refractivity contribution in [3.63, 3.8) is 0 Å². The molecular formula is C21H20FNO. The quantitative estimate of drug-likeness (QED) is 0.611. The van der Waals surface area contributed by atoms with Crippen molar-refractivity contribution in [2.75, 3.05) is 0 Å². The Morgan fingerprint density at radius 2 is 1.79 bits per heavy atom. The van der Waals surface area contributed by atoms with Crippen LogP contribution in [0.3, 0.4) is 0 Å². The summed E-state index contributed by atoms with van der Waals surface area (Å²) in [6.07, 6.45) is 1.77. The molecule has 0 spiro atoms. The van der Waals surface area contributed by atoms with E-state index in [0.717, 1.165) is 16.8 Å². The van der Waals surface area contributed by atoms with Crippen LogP contribution in [0.4, 0.5) is 4.39 Å². The minimum Gasteiger partial charge on any atom is -0.489 e. The SMILES string of the molecule is CC(C)c1ccc(OCc2ccnc(-c3ccccc3)c2)cc1F. The maximum absolute atomic E-state index is 14.0. The average molecular weight is 321 g/mol. The minimum absolute atomic E-state index is 0.160. The summed E-state index contributed by atoms with van der Waals surface area (Å²) < 4.78 is 19.8. The van der Waals surface area contributed by atoms with Crippen LogP contribution in [0.25, 0.3) is 11.3 Å². The third-order valence-electron chi connectivity index (χ3n) is 3.89. The van der Waals surface area contributed by atoms with Crippen molar-refractivity contribution >= 4 is 0 Å². The van der Waals surface area contributed by atoms with Crippen molar-refractivity contribution in [1.82, 2.24) is 4.98 Å². The van der Waals surface area contributed by atoms with E-state index in [4.69, 9.17) is 4.74 Å². The van der Waals surface area contributed by atoms with Gasteiger partial charge < -0.3 is 4.74 Å². The molecule has 1 aromatic heterocycles. The molecule has 0 aliphatic heterocycles. The predicted molar refractivity (Wildman–Crippen MR) is 94.5 cm³/mol. The second kappa shape index (κ2) is 7.26. The molecule has 0 aliphatic rings. The van der Waals surface area contributed by atoms with Gasteiger partial charge in [-0.2, -0.15) is 0 Å². The molecule has 3 aromatic rings. The van der Waals surface area contributed by atoms with Crippen LogP contribution in [0.2, 0.25) is 0 Å². The zero-order chi connectivity index (χ0) is 16.9. The monoisotopic (exact) mass is 321 g/mol. The molecule has 3 rings (SSSR count). The Kier molecular flexibility index (Phi) is 4.90. The molecule has 0 unspecified atom stereocenters. The Balaban J connectivity index is 1.72. The highest BCUT2D eigenvalue weighted by molar-refractivity contribution is 5.59. The van der Waals surface area contributed by atoms with Crippen LogP contribution >= 0.6 is 0 Å². The number of aromatic nitrogens is 1. The number of rotatable bonds is 5. The van der Waals surface area contributed by atoms with Crippen molar-refractivity contribution in [2.24, 2.45) is 0 Å². The molecule has 0 fully saturated rings. The zero-order valence-electron chi connectivity index (χ0n) is 13.9. The number of nitrogens with zero attached hydrogens (tertiary/aromatic N) is 1. The van der Waals surface area contributed by atoms with Crippen molar-refractivity contribution in [3.8, 4) is 17.0 Å². The number of pyridine rings is 1. The normalized spacial score (nSPS) is 10.8. The van der Waals surface area contributed by atoms with Crippen molar-refractivity contribution in [1.29, 1.82) is 0 Å². The second-order valence-electron chi connectivity index (χ2n) is 6.04. The van der Waals surface area contributed by atoms with Crippen molar-refractivity contribution < 1.29 is 9.13 Å². The van der Waals surface area contributed by atoms with Crippen LogP contribution in [0.1, 0.15) is 30.9 Å². The molecule has 3 heteroatoms. The number of ether oxygens (including phenoxy) is 1. The van der Waals surface area contributed by atoms with Gasteiger partial charge in [0.15, 0.2) is 0 Å². The lowest BCUT2D eigenvalue weighted by Crippen LogP contribution is -1.99. The molecule has 24 heavy (non-hydrogen) atoms. The molecule has 122 valence electrons. The topological polar surface area (TPSA) is 22.1 Å². The van der Waals surface area contributed by atoms with E-state index >= 15 is 0 Å². The van der Waals surface area contributed by atoms with Gasteiger partial charge >= 0.3 is 0 Å². The van der Waals surface area contributed by atoms with Gasteiger partial charge in [0.2, 0.25) is 0 Å². The maximum atomic E-state index is 14.0. The van der Waals surface area contributed by atoms with E-state index in [1.165, 1.54) is 6.07 Å². The van der Waals surface area contributed by atoms with Crippen LogP contribution < -0.4 is 4.74 Å². The van der Waals surface area contributed by atoms with Gasteiger partial charge in [0.1, 0.15) is 18.2 Å². The highest BCUT2D eigenvalue weighted by Gasteiger charge is 2.08. The van der Waals surface area contributed by atoms with Gasteiger partial charge in [-0.1, -0.05) is 50.2 Å². The first-order valence-electron chi connectivity index (χ1n) is 8.06. The van der Waals surface area contributed by atoms with E-state index in [1.807, 2.05) is 62.4 Å². The number of hydrogen-bond acceptors (Lipinski definition) is 2. The molecule has 0 radical (unpaired) electrons. The fourth-order valence-corrected chi connectivity index (χ4v) is 2.56. The Hall–Kier alpha value is -2.68. The van der Waals surface area contributed by atoms with Crippen LogP contribution in [-0.4, -0.2) is 4.98 Å². The third kappa shape index (κ3) is 3.80. The molecule has 0 N–H and O–H groups in total. The van der Waals surface area contributed by atoms with Crippen molar-refractivity contribution in [2.45, 2.75) is 26.4 Å². The van der Waals surface area contributed by atoms with Crippen LogP contribution in [0.5, 0.6) is 5.75 Å². The number of halogens is 1. The van der Waals surface area contributed by atoms with Crippen molar-refractivity contribution in [3.05, 3.63) is 83.8 Å². The highest BCUT2D eigenvalue weighted by atomic mass is 19.1. The van der Waals surface area contributed by atoms with Crippen LogP contribution in [-0.2, 0) is 6.61 Å². The first kappa shape index (κ1) is 16.2. The van der Waals surface area contributed by atoms with E-state index in [-0.39, 0.29) is 11.7 Å². The predicted octanol–water partition coefficient (Wildman–Crippen LogP) is 5.59. The highest BCUT2D eigenvalue weighted by Crippen LogP contribution is 2.24. The molecule has 0 saturated carbocycles. The Labute approximate surface area is 142 Å². The van der Waals surface area contributed by atoms with E-state index in [0.29, 0.717) is 17.9 Å². The van der Waals surface area contributed by atoms with Gasteiger partial charge in [0, 0.05) is 17.8 Å². The minimum atomic E-state index is -0.220. The zero-order valence-corrected chi connectivity index (χ0v) is 13.9. The standard InChI is InChI=1S/C21H20FNO/c1-15(2)19-9-8-18(13-20(19)22)24-14-16-10-11-23-21(12-16)17-6-4-3-5-7-17/h3-13,15H,14H2,1-2H3. The number of benzene rings is 2. The summed E-state index contributed by atoms with van der Waals surface area (Å²) in [6, 6.07) is 19.0. The smallest absolute Gasteiger partial charge is 0.130 e. The second-order valence-corrected chi connectivity index (χ2v) is 6.04. The molecule has 0 bridgehead atoms. The Bertz CT molecular complexity index is 815. The summed E-state index contributed by atoms with van der Waals surface area (Å²) in [5.41, 5.74) is 3.67. The van der Waals surface area contributed by atoms with Gasteiger partial charge in [-0.05, 0) is 35.2 Å². The first-order valence-corrected chi connectivity index (χ1v) is 8.06. The molecule has 2 nitrogen and oxygen atoms in total. The van der Waals surface area contributed by atoms with Crippen LogP contribution in [0, 0.1) is 5.82 Å². The lowest BCUT2D eigenvalue weighted by molar-refractivity contribution is 0.304. The van der Waals surface area contributed by atoms with E-state index < -0.39 is 0 Å². The summed E-state index contributed by atoms with van der Waals surface area (Å²) in [4.78, 5) is 4.39. The van der Waals surface area contributed by atoms with Gasteiger partial charge in [0.05, 0.1) is 5.69 Å². The van der Waals surface area contributed by atoms with E-state index in [9.17, 15) is 4.39 Å². The fraction of sp³-hybridized carbons (Fsp3) is 0.190.